The quantitative estimate of drug-likeness (QED) is 0.877. The van der Waals surface area contributed by atoms with Crippen molar-refractivity contribution in [2.24, 2.45) is 0 Å². The Balaban J connectivity index is 1.76. The molecule has 1 aliphatic heterocycles. The van der Waals surface area contributed by atoms with Crippen LogP contribution in [0, 0.1) is 6.92 Å². The van der Waals surface area contributed by atoms with Crippen molar-refractivity contribution in [1.82, 2.24) is 10.2 Å². The Hall–Kier alpha value is -1.84. The van der Waals surface area contributed by atoms with E-state index >= 15 is 0 Å². The van der Waals surface area contributed by atoms with Gasteiger partial charge in [0.2, 0.25) is 11.8 Å². The SMILES string of the molecule is CCCCC(=O)NC1CCN(C(=O)Cc2ccccc2C)CC1. The molecule has 1 saturated heterocycles. The predicted molar refractivity (Wildman–Crippen MR) is 92.2 cm³/mol. The van der Waals surface area contributed by atoms with Gasteiger partial charge in [-0.3, -0.25) is 9.59 Å². The monoisotopic (exact) mass is 316 g/mol. The molecule has 0 aromatic heterocycles. The van der Waals surface area contributed by atoms with E-state index in [1.807, 2.05) is 36.1 Å². The van der Waals surface area contributed by atoms with Gasteiger partial charge in [-0.05, 0) is 37.3 Å². The van der Waals surface area contributed by atoms with Crippen LogP contribution in [0.5, 0.6) is 0 Å². The molecule has 0 bridgehead atoms. The lowest BCUT2D eigenvalue weighted by Gasteiger charge is -2.32. The van der Waals surface area contributed by atoms with Crippen LogP contribution in [0.15, 0.2) is 24.3 Å². The van der Waals surface area contributed by atoms with E-state index in [9.17, 15) is 9.59 Å². The second-order valence-electron chi connectivity index (χ2n) is 6.43. The average molecular weight is 316 g/mol. The fraction of sp³-hybridized carbons (Fsp3) is 0.579. The van der Waals surface area contributed by atoms with Crippen molar-refractivity contribution in [3.8, 4) is 0 Å². The fourth-order valence-corrected chi connectivity index (χ4v) is 2.99. The number of hydrogen-bond acceptors (Lipinski definition) is 2. The van der Waals surface area contributed by atoms with E-state index in [0.717, 1.165) is 44.3 Å². The Labute approximate surface area is 139 Å². The van der Waals surface area contributed by atoms with Crippen LogP contribution in [0.25, 0.3) is 0 Å². The van der Waals surface area contributed by atoms with Crippen LogP contribution in [0.3, 0.4) is 0 Å². The smallest absolute Gasteiger partial charge is 0.227 e. The molecule has 0 radical (unpaired) electrons. The van der Waals surface area contributed by atoms with Crippen molar-refractivity contribution in [3.63, 3.8) is 0 Å². The number of nitrogens with one attached hydrogen (secondary N) is 1. The molecule has 1 aromatic rings. The van der Waals surface area contributed by atoms with E-state index in [0.29, 0.717) is 12.8 Å². The van der Waals surface area contributed by atoms with Crippen LogP contribution in [-0.2, 0) is 16.0 Å². The van der Waals surface area contributed by atoms with E-state index < -0.39 is 0 Å². The molecular weight excluding hydrogens is 288 g/mol. The summed E-state index contributed by atoms with van der Waals surface area (Å²) in [5.41, 5.74) is 2.27. The zero-order valence-corrected chi connectivity index (χ0v) is 14.3. The molecule has 1 aliphatic rings. The van der Waals surface area contributed by atoms with Crippen molar-refractivity contribution in [2.75, 3.05) is 13.1 Å². The molecule has 0 atom stereocenters. The van der Waals surface area contributed by atoms with Gasteiger partial charge in [0.1, 0.15) is 0 Å². The van der Waals surface area contributed by atoms with Crippen LogP contribution in [0.4, 0.5) is 0 Å². The van der Waals surface area contributed by atoms with E-state index in [4.69, 9.17) is 0 Å². The molecule has 1 fully saturated rings. The second kappa shape index (κ2) is 8.70. The maximum Gasteiger partial charge on any atom is 0.227 e. The Morgan fingerprint density at radius 3 is 2.57 bits per heavy atom. The zero-order chi connectivity index (χ0) is 16.7. The van der Waals surface area contributed by atoms with Gasteiger partial charge in [-0.25, -0.2) is 0 Å². The summed E-state index contributed by atoms with van der Waals surface area (Å²) in [7, 11) is 0. The van der Waals surface area contributed by atoms with Gasteiger partial charge in [0.05, 0.1) is 6.42 Å². The number of piperidine rings is 1. The number of unbranched alkanes of at least 4 members (excludes halogenated alkanes) is 1. The summed E-state index contributed by atoms with van der Waals surface area (Å²) in [5, 5.41) is 3.10. The van der Waals surface area contributed by atoms with Crippen LogP contribution >= 0.6 is 0 Å². The number of hydrogen-bond donors (Lipinski definition) is 1. The minimum atomic E-state index is 0.150. The summed E-state index contributed by atoms with van der Waals surface area (Å²) in [5.74, 6) is 0.339. The zero-order valence-electron chi connectivity index (χ0n) is 14.3. The number of amides is 2. The first-order valence-electron chi connectivity index (χ1n) is 8.71. The Bertz CT molecular complexity index is 534. The second-order valence-corrected chi connectivity index (χ2v) is 6.43. The first-order chi connectivity index (χ1) is 11.1. The summed E-state index contributed by atoms with van der Waals surface area (Å²) < 4.78 is 0. The number of nitrogens with zero attached hydrogens (tertiary/aromatic N) is 1. The number of rotatable bonds is 6. The summed E-state index contributed by atoms with van der Waals surface area (Å²) >= 11 is 0. The largest absolute Gasteiger partial charge is 0.353 e. The number of carbonyl (C=O) groups is 2. The maximum atomic E-state index is 12.4. The molecule has 1 heterocycles. The summed E-state index contributed by atoms with van der Waals surface area (Å²) in [6.07, 6.45) is 4.79. The average Bonchev–Trinajstić information content (AvgIpc) is 2.55. The van der Waals surface area contributed by atoms with Gasteiger partial charge in [0.25, 0.3) is 0 Å². The molecule has 126 valence electrons. The highest BCUT2D eigenvalue weighted by molar-refractivity contribution is 5.79. The lowest BCUT2D eigenvalue weighted by atomic mass is 10.0. The van der Waals surface area contributed by atoms with Gasteiger partial charge in [-0.1, -0.05) is 37.6 Å². The minimum absolute atomic E-state index is 0.150. The van der Waals surface area contributed by atoms with Crippen LogP contribution in [-0.4, -0.2) is 35.8 Å². The third-order valence-electron chi connectivity index (χ3n) is 4.57. The van der Waals surface area contributed by atoms with Gasteiger partial charge < -0.3 is 10.2 Å². The van der Waals surface area contributed by atoms with Crippen molar-refractivity contribution in [1.29, 1.82) is 0 Å². The number of benzene rings is 1. The third kappa shape index (κ3) is 5.38. The maximum absolute atomic E-state index is 12.4. The van der Waals surface area contributed by atoms with Gasteiger partial charge in [0.15, 0.2) is 0 Å². The third-order valence-corrected chi connectivity index (χ3v) is 4.57. The Morgan fingerprint density at radius 2 is 1.91 bits per heavy atom. The van der Waals surface area contributed by atoms with Crippen LogP contribution < -0.4 is 5.32 Å². The molecule has 0 aliphatic carbocycles. The molecule has 23 heavy (non-hydrogen) atoms. The highest BCUT2D eigenvalue weighted by Crippen LogP contribution is 2.14. The predicted octanol–water partition coefficient (Wildman–Crippen LogP) is 2.83. The highest BCUT2D eigenvalue weighted by atomic mass is 16.2. The highest BCUT2D eigenvalue weighted by Gasteiger charge is 2.23. The van der Waals surface area contributed by atoms with Gasteiger partial charge in [-0.2, -0.15) is 0 Å². The molecule has 0 unspecified atom stereocenters. The van der Waals surface area contributed by atoms with Crippen molar-refractivity contribution in [2.45, 2.75) is 58.4 Å². The number of carbonyl (C=O) groups excluding carboxylic acids is 2. The first kappa shape index (κ1) is 17.5. The van der Waals surface area contributed by atoms with E-state index in [1.165, 1.54) is 5.56 Å². The Kier molecular flexibility index (Phi) is 6.63. The van der Waals surface area contributed by atoms with Crippen LogP contribution in [0.1, 0.15) is 50.2 Å². The van der Waals surface area contributed by atoms with Crippen LogP contribution in [0.2, 0.25) is 0 Å². The molecule has 4 heteroatoms. The molecule has 4 nitrogen and oxygen atoms in total. The molecule has 2 rings (SSSR count). The molecule has 0 saturated carbocycles. The van der Waals surface area contributed by atoms with Gasteiger partial charge in [0, 0.05) is 25.6 Å². The molecule has 0 spiro atoms. The van der Waals surface area contributed by atoms with Gasteiger partial charge in [-0.15, -0.1) is 0 Å². The van der Waals surface area contributed by atoms with Crippen molar-refractivity contribution in [3.05, 3.63) is 35.4 Å². The number of likely N-dealkylation sites (tertiary alicyclic amines) is 1. The standard InChI is InChI=1S/C19H28N2O2/c1-3-4-9-18(22)20-17-10-12-21(13-11-17)19(23)14-16-8-6-5-7-15(16)2/h5-8,17H,3-4,9-14H2,1-2H3,(H,20,22). The van der Waals surface area contributed by atoms with E-state index in [1.54, 1.807) is 0 Å². The van der Waals surface area contributed by atoms with E-state index in [-0.39, 0.29) is 17.9 Å². The fourth-order valence-electron chi connectivity index (χ4n) is 2.99. The number of aryl methyl sites for hydroxylation is 1. The summed E-state index contributed by atoms with van der Waals surface area (Å²) in [6, 6.07) is 8.26. The Morgan fingerprint density at radius 1 is 1.22 bits per heavy atom. The van der Waals surface area contributed by atoms with Gasteiger partial charge >= 0.3 is 0 Å². The van der Waals surface area contributed by atoms with Crippen molar-refractivity contribution < 1.29 is 9.59 Å². The molecule has 2 amide bonds. The summed E-state index contributed by atoms with van der Waals surface area (Å²) in [4.78, 5) is 26.1. The lowest BCUT2D eigenvalue weighted by Crippen LogP contribution is -2.46. The lowest BCUT2D eigenvalue weighted by molar-refractivity contribution is -0.131. The topological polar surface area (TPSA) is 49.4 Å². The molecular formula is C19H28N2O2. The minimum Gasteiger partial charge on any atom is -0.353 e. The van der Waals surface area contributed by atoms with E-state index in [2.05, 4.69) is 12.2 Å². The first-order valence-corrected chi connectivity index (χ1v) is 8.71. The molecule has 1 N–H and O–H groups in total. The molecule has 1 aromatic carbocycles. The normalized spacial score (nSPS) is 15.5. The summed E-state index contributed by atoms with van der Waals surface area (Å²) in [6.45, 7) is 5.61. The van der Waals surface area contributed by atoms with Crippen molar-refractivity contribution >= 4 is 11.8 Å².